The Labute approximate surface area is 103 Å². The van der Waals surface area contributed by atoms with Gasteiger partial charge in [-0.2, -0.15) is 0 Å². The molecule has 2 rings (SSSR count). The number of aromatic nitrogens is 2. The highest BCUT2D eigenvalue weighted by molar-refractivity contribution is 5.60. The maximum Gasteiger partial charge on any atom is 0.0953 e. The molecule has 0 radical (unpaired) electrons. The van der Waals surface area contributed by atoms with Gasteiger partial charge in [0.15, 0.2) is 0 Å². The van der Waals surface area contributed by atoms with Crippen LogP contribution in [0.5, 0.6) is 0 Å². The van der Waals surface area contributed by atoms with Crippen LogP contribution >= 0.6 is 0 Å². The third-order valence-corrected chi connectivity index (χ3v) is 2.83. The first-order valence-corrected chi connectivity index (χ1v) is 5.98. The summed E-state index contributed by atoms with van der Waals surface area (Å²) in [5.41, 5.74) is 3.70. The Morgan fingerprint density at radius 2 is 2.18 bits per heavy atom. The summed E-state index contributed by atoms with van der Waals surface area (Å²) in [4.78, 5) is 4.24. The van der Waals surface area contributed by atoms with E-state index in [-0.39, 0.29) is 0 Å². The first-order chi connectivity index (χ1) is 8.22. The van der Waals surface area contributed by atoms with Gasteiger partial charge in [0.2, 0.25) is 0 Å². The summed E-state index contributed by atoms with van der Waals surface area (Å²) >= 11 is 0. The van der Waals surface area contributed by atoms with Crippen molar-refractivity contribution in [2.75, 3.05) is 7.05 Å². The summed E-state index contributed by atoms with van der Waals surface area (Å²) in [6.45, 7) is 5.23. The number of benzene rings is 1. The molecule has 0 atom stereocenters. The lowest BCUT2D eigenvalue weighted by Crippen LogP contribution is -2.05. The lowest BCUT2D eigenvalue weighted by molar-refractivity contribution is 0.605. The average Bonchev–Trinajstić information content (AvgIpc) is 2.79. The first-order valence-electron chi connectivity index (χ1n) is 5.98. The summed E-state index contributed by atoms with van der Waals surface area (Å²) in [7, 11) is 1.96. The molecule has 90 valence electrons. The molecule has 3 nitrogen and oxygen atoms in total. The quantitative estimate of drug-likeness (QED) is 0.873. The molecule has 2 aromatic rings. The van der Waals surface area contributed by atoms with E-state index in [1.54, 1.807) is 0 Å². The lowest BCUT2D eigenvalue weighted by Gasteiger charge is -2.12. The number of hydrogen-bond acceptors (Lipinski definition) is 2. The molecule has 0 fully saturated rings. The summed E-state index contributed by atoms with van der Waals surface area (Å²) < 4.78 is 2.19. The van der Waals surface area contributed by atoms with Gasteiger partial charge >= 0.3 is 0 Å². The van der Waals surface area contributed by atoms with Gasteiger partial charge in [-0.15, -0.1) is 0 Å². The molecular formula is C14H19N3. The fourth-order valence-electron chi connectivity index (χ4n) is 1.98. The minimum Gasteiger partial charge on any atom is -0.328 e. The highest BCUT2D eigenvalue weighted by Gasteiger charge is 2.07. The van der Waals surface area contributed by atoms with Crippen molar-refractivity contribution in [3.8, 4) is 11.3 Å². The zero-order valence-electron chi connectivity index (χ0n) is 10.6. The topological polar surface area (TPSA) is 29.9 Å². The molecule has 3 heteroatoms. The molecule has 0 bridgehead atoms. The van der Waals surface area contributed by atoms with Crippen LogP contribution in [0.1, 0.15) is 25.5 Å². The number of hydrogen-bond donors (Lipinski definition) is 1. The highest BCUT2D eigenvalue weighted by atomic mass is 15.1. The Kier molecular flexibility index (Phi) is 3.59. The van der Waals surface area contributed by atoms with Gasteiger partial charge in [0.1, 0.15) is 0 Å². The Morgan fingerprint density at radius 1 is 1.35 bits per heavy atom. The van der Waals surface area contributed by atoms with Crippen LogP contribution in [0.25, 0.3) is 11.3 Å². The van der Waals surface area contributed by atoms with Crippen LogP contribution in [-0.2, 0) is 6.54 Å². The van der Waals surface area contributed by atoms with Crippen molar-refractivity contribution in [3.05, 3.63) is 42.4 Å². The minimum atomic E-state index is 0.431. The SMILES string of the molecule is CNCc1cccc(-c2cncn2C(C)C)c1. The van der Waals surface area contributed by atoms with E-state index in [9.17, 15) is 0 Å². The molecule has 0 aliphatic rings. The molecule has 0 aliphatic heterocycles. The smallest absolute Gasteiger partial charge is 0.0953 e. The van der Waals surface area contributed by atoms with Crippen molar-refractivity contribution in [1.29, 1.82) is 0 Å². The molecule has 0 spiro atoms. The second-order valence-corrected chi connectivity index (χ2v) is 4.51. The van der Waals surface area contributed by atoms with Crippen molar-refractivity contribution in [1.82, 2.24) is 14.9 Å². The zero-order chi connectivity index (χ0) is 12.3. The number of nitrogens with zero attached hydrogens (tertiary/aromatic N) is 2. The Morgan fingerprint density at radius 3 is 2.88 bits per heavy atom. The second kappa shape index (κ2) is 5.15. The molecule has 17 heavy (non-hydrogen) atoms. The largest absolute Gasteiger partial charge is 0.328 e. The van der Waals surface area contributed by atoms with Crippen LogP contribution in [0.4, 0.5) is 0 Å². The predicted molar refractivity (Wildman–Crippen MR) is 70.8 cm³/mol. The molecule has 0 saturated carbocycles. The van der Waals surface area contributed by atoms with Crippen LogP contribution < -0.4 is 5.32 Å². The molecule has 0 saturated heterocycles. The molecule has 0 unspecified atom stereocenters. The average molecular weight is 229 g/mol. The minimum absolute atomic E-state index is 0.431. The van der Waals surface area contributed by atoms with Gasteiger partial charge in [0.05, 0.1) is 18.2 Å². The Balaban J connectivity index is 2.38. The van der Waals surface area contributed by atoms with E-state index in [0.717, 1.165) is 6.54 Å². The zero-order valence-corrected chi connectivity index (χ0v) is 10.6. The van der Waals surface area contributed by atoms with Crippen LogP contribution in [-0.4, -0.2) is 16.6 Å². The molecule has 1 aromatic carbocycles. The van der Waals surface area contributed by atoms with E-state index in [2.05, 4.69) is 53.0 Å². The third kappa shape index (κ3) is 2.56. The fraction of sp³-hybridized carbons (Fsp3) is 0.357. The van der Waals surface area contributed by atoms with E-state index in [0.29, 0.717) is 6.04 Å². The molecule has 1 N–H and O–H groups in total. The molecule has 1 heterocycles. The van der Waals surface area contributed by atoms with Crippen molar-refractivity contribution in [3.63, 3.8) is 0 Å². The van der Waals surface area contributed by atoms with Crippen LogP contribution in [0, 0.1) is 0 Å². The van der Waals surface area contributed by atoms with Crippen molar-refractivity contribution < 1.29 is 0 Å². The van der Waals surface area contributed by atoms with Gasteiger partial charge in [-0.05, 0) is 32.5 Å². The van der Waals surface area contributed by atoms with Gasteiger partial charge in [0, 0.05) is 18.2 Å². The standard InChI is InChI=1S/C14H19N3/c1-11(2)17-10-16-9-14(17)13-6-4-5-12(7-13)8-15-3/h4-7,9-11,15H,8H2,1-3H3. The van der Waals surface area contributed by atoms with Crippen LogP contribution in [0.15, 0.2) is 36.8 Å². The maximum absolute atomic E-state index is 4.24. The normalized spacial score (nSPS) is 11.1. The van der Waals surface area contributed by atoms with Gasteiger partial charge in [-0.25, -0.2) is 4.98 Å². The summed E-state index contributed by atoms with van der Waals surface area (Å²) in [6.07, 6.45) is 3.82. The van der Waals surface area contributed by atoms with Crippen LogP contribution in [0.3, 0.4) is 0 Å². The first kappa shape index (κ1) is 11.9. The van der Waals surface area contributed by atoms with E-state index in [4.69, 9.17) is 0 Å². The predicted octanol–water partition coefficient (Wildman–Crippen LogP) is 2.85. The van der Waals surface area contributed by atoms with E-state index in [1.807, 2.05) is 19.6 Å². The fourth-order valence-corrected chi connectivity index (χ4v) is 1.98. The number of nitrogens with one attached hydrogen (secondary N) is 1. The summed E-state index contributed by atoms with van der Waals surface area (Å²) in [5, 5.41) is 3.17. The monoisotopic (exact) mass is 229 g/mol. The molecule has 0 aliphatic carbocycles. The van der Waals surface area contributed by atoms with E-state index in [1.165, 1.54) is 16.8 Å². The molecule has 0 amide bonds. The Hall–Kier alpha value is -1.61. The third-order valence-electron chi connectivity index (χ3n) is 2.83. The van der Waals surface area contributed by atoms with Crippen molar-refractivity contribution >= 4 is 0 Å². The number of imidazole rings is 1. The summed E-state index contributed by atoms with van der Waals surface area (Å²) in [5.74, 6) is 0. The van der Waals surface area contributed by atoms with Crippen molar-refractivity contribution in [2.45, 2.75) is 26.4 Å². The van der Waals surface area contributed by atoms with Gasteiger partial charge in [-0.3, -0.25) is 0 Å². The summed E-state index contributed by atoms with van der Waals surface area (Å²) in [6, 6.07) is 9.01. The Bertz CT molecular complexity index is 486. The number of rotatable bonds is 4. The second-order valence-electron chi connectivity index (χ2n) is 4.51. The van der Waals surface area contributed by atoms with Gasteiger partial charge in [0.25, 0.3) is 0 Å². The lowest BCUT2D eigenvalue weighted by atomic mass is 10.1. The van der Waals surface area contributed by atoms with E-state index >= 15 is 0 Å². The maximum atomic E-state index is 4.24. The van der Waals surface area contributed by atoms with Gasteiger partial charge in [-0.1, -0.05) is 18.2 Å². The van der Waals surface area contributed by atoms with Crippen LogP contribution in [0.2, 0.25) is 0 Å². The van der Waals surface area contributed by atoms with Crippen molar-refractivity contribution in [2.24, 2.45) is 0 Å². The molecular weight excluding hydrogens is 210 g/mol. The van der Waals surface area contributed by atoms with Gasteiger partial charge < -0.3 is 9.88 Å². The van der Waals surface area contributed by atoms with E-state index < -0.39 is 0 Å². The molecule has 1 aromatic heterocycles. The highest BCUT2D eigenvalue weighted by Crippen LogP contribution is 2.23.